The van der Waals surface area contributed by atoms with Gasteiger partial charge in [-0.15, -0.1) is 0 Å². The fourth-order valence-electron chi connectivity index (χ4n) is 1.15. The molecule has 0 unspecified atom stereocenters. The molecule has 1 rings (SSSR count). The van der Waals surface area contributed by atoms with Gasteiger partial charge in [-0.1, -0.05) is 22.0 Å². The number of hydrogen-bond acceptors (Lipinski definition) is 2. The summed E-state index contributed by atoms with van der Waals surface area (Å²) in [6.45, 7) is -0.947. The quantitative estimate of drug-likeness (QED) is 0.603. The number of carbonyl (C=O) groups is 1. The summed E-state index contributed by atoms with van der Waals surface area (Å²) < 4.78 is 17.5. The van der Waals surface area contributed by atoms with Crippen molar-refractivity contribution in [2.24, 2.45) is 0 Å². The van der Waals surface area contributed by atoms with Crippen LogP contribution in [0.25, 0.3) is 0 Å². The van der Waals surface area contributed by atoms with Gasteiger partial charge in [-0.2, -0.15) is 0 Å². The van der Waals surface area contributed by atoms with Crippen molar-refractivity contribution in [3.63, 3.8) is 0 Å². The van der Waals surface area contributed by atoms with Gasteiger partial charge in [0.25, 0.3) is 0 Å². The molecule has 0 amide bonds. The molecule has 2 nitrogen and oxygen atoms in total. The Bertz CT molecular complexity index is 355. The highest BCUT2D eigenvalue weighted by molar-refractivity contribution is 9.10. The molecule has 0 aliphatic carbocycles. The van der Waals surface area contributed by atoms with Gasteiger partial charge in [-0.3, -0.25) is 4.79 Å². The number of para-hydroxylation sites is 1. The van der Waals surface area contributed by atoms with Gasteiger partial charge in [0, 0.05) is 11.8 Å². The largest absolute Gasteiger partial charge is 0.461 e. The minimum absolute atomic E-state index is 0.0726. The fourth-order valence-corrected chi connectivity index (χ4v) is 1.99. The Hall–Kier alpha value is -0.420. The van der Waals surface area contributed by atoms with E-state index in [9.17, 15) is 9.18 Å². The molecule has 0 bridgehead atoms. The lowest BCUT2D eigenvalue weighted by Gasteiger charge is -2.09. The molecular weight excluding hydrogens is 331 g/mol. The predicted molar refractivity (Wildman–Crippen MR) is 63.5 cm³/mol. The van der Waals surface area contributed by atoms with Gasteiger partial charge >= 0.3 is 0 Å². The van der Waals surface area contributed by atoms with Crippen LogP contribution in [-0.2, 0) is 0 Å². The van der Waals surface area contributed by atoms with E-state index in [2.05, 4.69) is 31.9 Å². The van der Waals surface area contributed by atoms with E-state index < -0.39 is 6.86 Å². The third-order valence-electron chi connectivity index (χ3n) is 1.79. The zero-order valence-electron chi connectivity index (χ0n) is 7.80. The second kappa shape index (κ2) is 6.23. The number of ketones is 1. The van der Waals surface area contributed by atoms with Gasteiger partial charge in [-0.25, -0.2) is 4.39 Å². The van der Waals surface area contributed by atoms with E-state index in [4.69, 9.17) is 4.74 Å². The summed E-state index contributed by atoms with van der Waals surface area (Å²) in [6.07, 6.45) is 0.360. The molecule has 1 aromatic rings. The lowest BCUT2D eigenvalue weighted by molar-refractivity contribution is 0.0982. The van der Waals surface area contributed by atoms with Gasteiger partial charge in [-0.05, 0) is 28.1 Å². The molecule has 0 aliphatic rings. The molecule has 1 aromatic carbocycles. The first-order valence-corrected chi connectivity index (χ1v) is 6.18. The van der Waals surface area contributed by atoms with Gasteiger partial charge in [0.1, 0.15) is 5.75 Å². The first-order chi connectivity index (χ1) is 7.20. The van der Waals surface area contributed by atoms with Gasteiger partial charge < -0.3 is 4.74 Å². The number of hydrogen-bond donors (Lipinski definition) is 0. The second-order valence-electron chi connectivity index (χ2n) is 2.73. The van der Waals surface area contributed by atoms with Crippen molar-refractivity contribution in [1.82, 2.24) is 0 Å². The molecule has 0 fully saturated rings. The Kier molecular flexibility index (Phi) is 5.25. The maximum atomic E-state index is 12.1. The monoisotopic (exact) mass is 338 g/mol. The van der Waals surface area contributed by atoms with Crippen LogP contribution in [0.5, 0.6) is 5.75 Å². The first kappa shape index (κ1) is 12.6. The number of alkyl halides is 2. The molecule has 82 valence electrons. The number of benzene rings is 1. The zero-order chi connectivity index (χ0) is 11.3. The van der Waals surface area contributed by atoms with E-state index in [1.165, 1.54) is 0 Å². The molecule has 0 atom stereocenters. The van der Waals surface area contributed by atoms with Crippen molar-refractivity contribution in [3.8, 4) is 5.75 Å². The van der Waals surface area contributed by atoms with Crippen LogP contribution >= 0.6 is 31.9 Å². The average Bonchev–Trinajstić information content (AvgIpc) is 2.21. The molecule has 0 aliphatic heterocycles. The summed E-state index contributed by atoms with van der Waals surface area (Å²) in [4.78, 5) is 11.6. The summed E-state index contributed by atoms with van der Waals surface area (Å²) in [5, 5.41) is 0.577. The number of carbonyl (C=O) groups excluding carboxylic acids is 1. The SMILES string of the molecule is O=C(CCBr)c1cccc(Br)c1OCF. The second-order valence-corrected chi connectivity index (χ2v) is 4.38. The fraction of sp³-hybridized carbons (Fsp3) is 0.300. The molecule has 15 heavy (non-hydrogen) atoms. The minimum atomic E-state index is -0.947. The average molecular weight is 340 g/mol. The summed E-state index contributed by atoms with van der Waals surface area (Å²) in [5.41, 5.74) is 0.404. The predicted octanol–water partition coefficient (Wildman–Crippen LogP) is 3.72. The van der Waals surface area contributed by atoms with Crippen molar-refractivity contribution >= 4 is 37.6 Å². The van der Waals surface area contributed by atoms with E-state index in [0.29, 0.717) is 21.8 Å². The van der Waals surface area contributed by atoms with Crippen LogP contribution in [0, 0.1) is 0 Å². The molecule has 0 radical (unpaired) electrons. The van der Waals surface area contributed by atoms with Gasteiger partial charge in [0.2, 0.25) is 6.86 Å². The van der Waals surface area contributed by atoms with Gasteiger partial charge in [0.15, 0.2) is 5.78 Å². The van der Waals surface area contributed by atoms with E-state index >= 15 is 0 Å². The third kappa shape index (κ3) is 3.28. The van der Waals surface area contributed by atoms with Crippen LogP contribution in [0.1, 0.15) is 16.8 Å². The van der Waals surface area contributed by atoms with Crippen molar-refractivity contribution in [2.45, 2.75) is 6.42 Å². The highest BCUT2D eigenvalue weighted by Crippen LogP contribution is 2.30. The molecule has 0 spiro atoms. The van der Waals surface area contributed by atoms with Crippen LogP contribution in [0.4, 0.5) is 4.39 Å². The maximum Gasteiger partial charge on any atom is 0.228 e. The molecule has 0 heterocycles. The first-order valence-electron chi connectivity index (χ1n) is 4.27. The van der Waals surface area contributed by atoms with E-state index in [1.807, 2.05) is 0 Å². The van der Waals surface area contributed by atoms with Crippen molar-refractivity contribution in [3.05, 3.63) is 28.2 Å². The number of ether oxygens (including phenoxy) is 1. The standard InChI is InChI=1S/C10H9Br2FO2/c11-5-4-9(14)7-2-1-3-8(12)10(7)15-6-13/h1-3H,4-6H2. The number of halogens is 3. The normalized spacial score (nSPS) is 10.1. The van der Waals surface area contributed by atoms with E-state index in [-0.39, 0.29) is 11.5 Å². The van der Waals surface area contributed by atoms with E-state index in [0.717, 1.165) is 0 Å². The molecule has 0 saturated carbocycles. The smallest absolute Gasteiger partial charge is 0.228 e. The van der Waals surface area contributed by atoms with Crippen LogP contribution in [0.15, 0.2) is 22.7 Å². The third-order valence-corrected chi connectivity index (χ3v) is 2.81. The maximum absolute atomic E-state index is 12.1. The Morgan fingerprint density at radius 3 is 2.80 bits per heavy atom. The Morgan fingerprint density at radius 2 is 2.20 bits per heavy atom. The van der Waals surface area contributed by atoms with Crippen molar-refractivity contribution < 1.29 is 13.9 Å². The lowest BCUT2D eigenvalue weighted by Crippen LogP contribution is -2.04. The topological polar surface area (TPSA) is 26.3 Å². The Morgan fingerprint density at radius 1 is 1.47 bits per heavy atom. The molecule has 0 N–H and O–H groups in total. The van der Waals surface area contributed by atoms with Gasteiger partial charge in [0.05, 0.1) is 10.0 Å². The molecular formula is C10H9Br2FO2. The van der Waals surface area contributed by atoms with E-state index in [1.54, 1.807) is 18.2 Å². The highest BCUT2D eigenvalue weighted by Gasteiger charge is 2.14. The van der Waals surface area contributed by atoms with Crippen LogP contribution in [0.3, 0.4) is 0 Å². The van der Waals surface area contributed by atoms with Crippen LogP contribution in [0.2, 0.25) is 0 Å². The Balaban J connectivity index is 3.04. The summed E-state index contributed by atoms with van der Waals surface area (Å²) in [7, 11) is 0. The number of rotatable bonds is 5. The number of Topliss-reactive ketones (excluding diaryl/α,β-unsaturated/α-hetero) is 1. The van der Waals surface area contributed by atoms with Crippen molar-refractivity contribution in [2.75, 3.05) is 12.2 Å². The lowest BCUT2D eigenvalue weighted by atomic mass is 10.1. The molecule has 0 aromatic heterocycles. The van der Waals surface area contributed by atoms with Crippen molar-refractivity contribution in [1.29, 1.82) is 0 Å². The Labute approximate surface area is 104 Å². The summed E-state index contributed by atoms with van der Waals surface area (Å²) in [5.74, 6) is 0.197. The highest BCUT2D eigenvalue weighted by atomic mass is 79.9. The molecule has 0 saturated heterocycles. The molecule has 5 heteroatoms. The zero-order valence-corrected chi connectivity index (χ0v) is 11.0. The summed E-state index contributed by atoms with van der Waals surface area (Å²) >= 11 is 6.39. The minimum Gasteiger partial charge on any atom is -0.461 e. The van der Waals surface area contributed by atoms with Crippen LogP contribution < -0.4 is 4.74 Å². The van der Waals surface area contributed by atoms with Crippen LogP contribution in [-0.4, -0.2) is 18.0 Å². The summed E-state index contributed by atoms with van der Waals surface area (Å²) in [6, 6.07) is 5.05.